The Labute approximate surface area is 195 Å². The van der Waals surface area contributed by atoms with Gasteiger partial charge >= 0.3 is 6.36 Å². The Bertz CT molecular complexity index is 1150. The highest BCUT2D eigenvalue weighted by molar-refractivity contribution is 6.05. The minimum atomic E-state index is -4.78. The number of aliphatic hydroxyl groups is 1. The molecule has 1 unspecified atom stereocenters. The number of rotatable bonds is 5. The average Bonchev–Trinajstić information content (AvgIpc) is 3.12. The Morgan fingerprint density at radius 2 is 1.85 bits per heavy atom. The van der Waals surface area contributed by atoms with Crippen molar-refractivity contribution in [3.05, 3.63) is 72.1 Å². The lowest BCUT2D eigenvalue weighted by Crippen LogP contribution is -2.22. The Hall–Kier alpha value is -3.59. The molecule has 0 saturated carbocycles. The molecule has 178 valence electrons. The van der Waals surface area contributed by atoms with Gasteiger partial charge in [-0.15, -0.1) is 13.2 Å². The van der Waals surface area contributed by atoms with Gasteiger partial charge in [-0.05, 0) is 55.5 Å². The number of alkyl halides is 3. The lowest BCUT2D eigenvalue weighted by Gasteiger charge is -2.22. The summed E-state index contributed by atoms with van der Waals surface area (Å²) < 4.78 is 40.9. The number of aromatic nitrogens is 1. The van der Waals surface area contributed by atoms with Gasteiger partial charge in [-0.1, -0.05) is 13.0 Å². The molecule has 2 atom stereocenters. The van der Waals surface area contributed by atoms with E-state index < -0.39 is 18.4 Å². The summed E-state index contributed by atoms with van der Waals surface area (Å²) in [5, 5.41) is 12.9. The summed E-state index contributed by atoms with van der Waals surface area (Å²) in [6.07, 6.45) is -3.47. The van der Waals surface area contributed by atoms with Crippen LogP contribution in [0, 0.1) is 12.8 Å². The van der Waals surface area contributed by atoms with Crippen LogP contribution in [0.3, 0.4) is 0 Å². The van der Waals surface area contributed by atoms with E-state index >= 15 is 0 Å². The number of hydrogen-bond donors (Lipinski definition) is 2. The fourth-order valence-corrected chi connectivity index (χ4v) is 3.90. The van der Waals surface area contributed by atoms with Gasteiger partial charge in [-0.25, -0.2) is 0 Å². The summed E-state index contributed by atoms with van der Waals surface area (Å²) in [6, 6.07) is 14.0. The molecule has 3 aromatic rings. The second-order valence-electron chi connectivity index (χ2n) is 8.40. The van der Waals surface area contributed by atoms with E-state index in [0.717, 1.165) is 34.6 Å². The van der Waals surface area contributed by atoms with Crippen molar-refractivity contribution >= 4 is 17.3 Å². The topological polar surface area (TPSA) is 74.7 Å². The maximum Gasteiger partial charge on any atom is 0.573 e. The second kappa shape index (κ2) is 9.34. The van der Waals surface area contributed by atoms with E-state index in [0.29, 0.717) is 24.3 Å². The summed E-state index contributed by atoms with van der Waals surface area (Å²) in [4.78, 5) is 19.4. The number of halogens is 3. The molecule has 1 aliphatic heterocycles. The molecule has 0 spiro atoms. The van der Waals surface area contributed by atoms with Crippen molar-refractivity contribution in [2.75, 3.05) is 23.3 Å². The lowest BCUT2D eigenvalue weighted by molar-refractivity contribution is -0.274. The van der Waals surface area contributed by atoms with Crippen LogP contribution in [0.2, 0.25) is 0 Å². The molecule has 34 heavy (non-hydrogen) atoms. The minimum absolute atomic E-state index is 0.122. The number of amides is 1. The van der Waals surface area contributed by atoms with E-state index in [4.69, 9.17) is 0 Å². The number of β-amino-alcohol motifs (C(OH)–C–C–N with tert-alkyl or cyclic N) is 1. The van der Waals surface area contributed by atoms with Crippen molar-refractivity contribution in [1.82, 2.24) is 4.98 Å². The number of anilines is 2. The summed E-state index contributed by atoms with van der Waals surface area (Å²) in [7, 11) is 0. The first-order valence-corrected chi connectivity index (χ1v) is 10.8. The van der Waals surface area contributed by atoms with Crippen LogP contribution >= 0.6 is 0 Å². The van der Waals surface area contributed by atoms with Crippen LogP contribution in [-0.2, 0) is 0 Å². The summed E-state index contributed by atoms with van der Waals surface area (Å²) in [5.41, 5.74) is 4.09. The minimum Gasteiger partial charge on any atom is -0.406 e. The molecule has 2 N–H and O–H groups in total. The molecule has 0 bridgehead atoms. The van der Waals surface area contributed by atoms with Gasteiger partial charge in [0.25, 0.3) is 5.91 Å². The first-order chi connectivity index (χ1) is 16.1. The smallest absolute Gasteiger partial charge is 0.406 e. The Kier molecular flexibility index (Phi) is 6.47. The molecule has 9 heteroatoms. The van der Waals surface area contributed by atoms with E-state index in [1.54, 1.807) is 18.3 Å². The Morgan fingerprint density at radius 3 is 2.44 bits per heavy atom. The normalized spacial score (nSPS) is 18.1. The average molecular weight is 471 g/mol. The number of hydrogen-bond acceptors (Lipinski definition) is 5. The molecule has 1 fully saturated rings. The Morgan fingerprint density at radius 1 is 1.12 bits per heavy atom. The number of nitrogens with one attached hydrogen (secondary N) is 1. The van der Waals surface area contributed by atoms with Crippen LogP contribution in [0.5, 0.6) is 5.75 Å². The number of ether oxygens (including phenoxy) is 1. The molecule has 1 amide bonds. The van der Waals surface area contributed by atoms with Crippen molar-refractivity contribution < 1.29 is 27.8 Å². The van der Waals surface area contributed by atoms with Gasteiger partial charge < -0.3 is 20.1 Å². The third-order valence-electron chi connectivity index (χ3n) is 5.74. The number of aliphatic hydroxyl groups excluding tert-OH is 1. The van der Waals surface area contributed by atoms with Crippen molar-refractivity contribution in [2.45, 2.75) is 26.3 Å². The predicted octanol–water partition coefficient (Wildman–Crippen LogP) is 5.02. The molecule has 6 nitrogen and oxygen atoms in total. The van der Waals surface area contributed by atoms with Crippen LogP contribution in [0.4, 0.5) is 24.5 Å². The number of aryl methyl sites for hydroxylation is 1. The van der Waals surface area contributed by atoms with E-state index in [1.165, 1.54) is 12.1 Å². The Balaban J connectivity index is 1.60. The van der Waals surface area contributed by atoms with Crippen molar-refractivity contribution in [1.29, 1.82) is 0 Å². The number of benzene rings is 2. The summed E-state index contributed by atoms with van der Waals surface area (Å²) in [6.45, 7) is 5.05. The fourth-order valence-electron chi connectivity index (χ4n) is 3.90. The molecule has 1 aliphatic rings. The van der Waals surface area contributed by atoms with Crippen LogP contribution < -0.4 is 15.0 Å². The van der Waals surface area contributed by atoms with Gasteiger partial charge in [0.05, 0.1) is 6.10 Å². The number of carbonyl (C=O) groups is 1. The summed E-state index contributed by atoms with van der Waals surface area (Å²) in [5.74, 6) is -0.658. The summed E-state index contributed by atoms with van der Waals surface area (Å²) >= 11 is 0. The van der Waals surface area contributed by atoms with Crippen LogP contribution in [0.15, 0.2) is 60.8 Å². The van der Waals surface area contributed by atoms with Gasteiger partial charge in [-0.2, -0.15) is 0 Å². The molecule has 1 aromatic heterocycles. The van der Waals surface area contributed by atoms with Gasteiger partial charge in [0.1, 0.15) is 5.75 Å². The number of pyridine rings is 1. The number of nitrogens with zero attached hydrogens (tertiary/aromatic N) is 2. The third kappa shape index (κ3) is 5.48. The zero-order valence-electron chi connectivity index (χ0n) is 18.6. The molecule has 2 heterocycles. The highest BCUT2D eigenvalue weighted by Crippen LogP contribution is 2.35. The van der Waals surface area contributed by atoms with E-state index in [9.17, 15) is 23.1 Å². The molecule has 0 aliphatic carbocycles. The van der Waals surface area contributed by atoms with Gasteiger partial charge in [0.2, 0.25) is 0 Å². The van der Waals surface area contributed by atoms with Crippen LogP contribution in [0.1, 0.15) is 23.0 Å². The highest BCUT2D eigenvalue weighted by Gasteiger charge is 2.31. The van der Waals surface area contributed by atoms with Crippen molar-refractivity contribution in [3.8, 4) is 16.9 Å². The first-order valence-electron chi connectivity index (χ1n) is 10.8. The lowest BCUT2D eigenvalue weighted by atomic mass is 10.0. The molecule has 2 aromatic carbocycles. The zero-order valence-corrected chi connectivity index (χ0v) is 18.6. The van der Waals surface area contributed by atoms with Crippen molar-refractivity contribution in [3.63, 3.8) is 0 Å². The van der Waals surface area contributed by atoms with Gasteiger partial charge in [-0.3, -0.25) is 9.78 Å². The highest BCUT2D eigenvalue weighted by atomic mass is 19.4. The van der Waals surface area contributed by atoms with E-state index in [1.807, 2.05) is 32.0 Å². The molecule has 0 radical (unpaired) electrons. The standard InChI is InChI=1S/C25H24F3N3O3/c1-15-13-31(14-23(15)32)22-10-5-17(11-21(22)18-4-3-16(2)29-12-18)24(33)30-19-6-8-20(9-7-19)34-25(26,27)28/h3-12,15,23,32H,13-14H2,1-2H3,(H,30,33)/t15?,23-/m0/s1. The first kappa shape index (κ1) is 23.6. The maximum atomic E-state index is 12.9. The zero-order chi connectivity index (χ0) is 24.5. The second-order valence-corrected chi connectivity index (χ2v) is 8.40. The number of carbonyl (C=O) groups excluding carboxylic acids is 1. The monoisotopic (exact) mass is 471 g/mol. The largest absolute Gasteiger partial charge is 0.573 e. The molecular weight excluding hydrogens is 447 g/mol. The SMILES string of the molecule is Cc1ccc(-c2cc(C(=O)Nc3ccc(OC(F)(F)F)cc3)ccc2N2CC(C)[C@@H](O)C2)cn1. The van der Waals surface area contributed by atoms with Gasteiger partial charge in [0.15, 0.2) is 0 Å². The van der Waals surface area contributed by atoms with Gasteiger partial charge in [0, 0.05) is 59.0 Å². The van der Waals surface area contributed by atoms with Crippen LogP contribution in [0.25, 0.3) is 11.1 Å². The molecule has 1 saturated heterocycles. The quantitative estimate of drug-likeness (QED) is 0.546. The van der Waals surface area contributed by atoms with Crippen molar-refractivity contribution in [2.24, 2.45) is 5.92 Å². The molecule has 4 rings (SSSR count). The van der Waals surface area contributed by atoms with Crippen LogP contribution in [-0.4, -0.2) is 41.6 Å². The maximum absolute atomic E-state index is 12.9. The van der Waals surface area contributed by atoms with E-state index in [-0.39, 0.29) is 11.7 Å². The molecular formula is C25H24F3N3O3. The fraction of sp³-hybridized carbons (Fsp3) is 0.280. The third-order valence-corrected chi connectivity index (χ3v) is 5.74. The van der Waals surface area contributed by atoms with E-state index in [2.05, 4.69) is 19.9 Å². The predicted molar refractivity (Wildman–Crippen MR) is 123 cm³/mol.